The number of halogens is 2. The van der Waals surface area contributed by atoms with Gasteiger partial charge in [-0.2, -0.15) is 8.78 Å². The molecule has 0 saturated carbocycles. The summed E-state index contributed by atoms with van der Waals surface area (Å²) in [5.74, 6) is -0.666. The van der Waals surface area contributed by atoms with Gasteiger partial charge < -0.3 is 25.0 Å². The highest BCUT2D eigenvalue weighted by molar-refractivity contribution is 5.88. The number of hydrogen-bond acceptors (Lipinski definition) is 9. The second-order valence-electron chi connectivity index (χ2n) is 9.34. The summed E-state index contributed by atoms with van der Waals surface area (Å²) >= 11 is 0. The fourth-order valence-electron chi connectivity index (χ4n) is 4.85. The average molecular weight is 528 g/mol. The molecular formula is C26H31F2N7O3. The maximum absolute atomic E-state index is 12.9. The zero-order valence-electron chi connectivity index (χ0n) is 21.0. The molecule has 2 aliphatic rings. The molecule has 2 aliphatic heterocycles. The third kappa shape index (κ3) is 5.98. The first-order valence-corrected chi connectivity index (χ1v) is 12.7. The van der Waals surface area contributed by atoms with E-state index in [1.165, 1.54) is 0 Å². The van der Waals surface area contributed by atoms with Crippen molar-refractivity contribution in [2.45, 2.75) is 12.5 Å². The number of pyridine rings is 1. The molecule has 10 nitrogen and oxygen atoms in total. The van der Waals surface area contributed by atoms with E-state index in [9.17, 15) is 13.6 Å². The van der Waals surface area contributed by atoms with Crippen molar-refractivity contribution in [3.63, 3.8) is 0 Å². The van der Waals surface area contributed by atoms with Crippen molar-refractivity contribution in [2.75, 3.05) is 75.8 Å². The van der Waals surface area contributed by atoms with Gasteiger partial charge in [0.15, 0.2) is 5.82 Å². The number of rotatable bonds is 8. The number of anilines is 2. The number of carbonyl (C=O) groups is 1. The first-order chi connectivity index (χ1) is 18.5. The van der Waals surface area contributed by atoms with Crippen molar-refractivity contribution in [1.29, 1.82) is 0 Å². The Morgan fingerprint density at radius 2 is 1.87 bits per heavy atom. The van der Waals surface area contributed by atoms with E-state index < -0.39 is 18.4 Å². The summed E-state index contributed by atoms with van der Waals surface area (Å²) in [7, 11) is 0. The number of ether oxygens (including phenoxy) is 1. The van der Waals surface area contributed by atoms with Gasteiger partial charge in [-0.25, -0.2) is 9.97 Å². The van der Waals surface area contributed by atoms with Crippen LogP contribution in [0.1, 0.15) is 0 Å². The maximum atomic E-state index is 12.9. The number of benzene rings is 1. The number of aliphatic hydroxyl groups is 1. The van der Waals surface area contributed by atoms with E-state index in [2.05, 4.69) is 37.2 Å². The molecule has 38 heavy (non-hydrogen) atoms. The molecule has 2 fully saturated rings. The third-order valence-electron chi connectivity index (χ3n) is 6.91. The van der Waals surface area contributed by atoms with Crippen molar-refractivity contribution in [3.8, 4) is 11.3 Å². The summed E-state index contributed by atoms with van der Waals surface area (Å²) < 4.78 is 31.4. The van der Waals surface area contributed by atoms with Crippen LogP contribution in [0.5, 0.6) is 0 Å². The number of fused-ring (bicyclic) bond motifs is 1. The minimum atomic E-state index is -3.03. The van der Waals surface area contributed by atoms with Crippen LogP contribution in [0, 0.1) is 0 Å². The number of amides is 1. The molecule has 0 spiro atoms. The lowest BCUT2D eigenvalue weighted by Crippen LogP contribution is -2.49. The van der Waals surface area contributed by atoms with E-state index in [-0.39, 0.29) is 32.8 Å². The predicted molar refractivity (Wildman–Crippen MR) is 139 cm³/mol. The zero-order valence-corrected chi connectivity index (χ0v) is 21.0. The van der Waals surface area contributed by atoms with Crippen LogP contribution in [0.2, 0.25) is 0 Å². The number of nitrogens with one attached hydrogen (secondary N) is 1. The molecule has 2 saturated heterocycles. The predicted octanol–water partition coefficient (Wildman–Crippen LogP) is 1.71. The molecule has 0 unspecified atom stereocenters. The minimum absolute atomic E-state index is 0.0786. The van der Waals surface area contributed by atoms with E-state index in [4.69, 9.17) is 14.8 Å². The molecular weight excluding hydrogens is 496 g/mol. The summed E-state index contributed by atoms with van der Waals surface area (Å²) in [6, 6.07) is 10.1. The van der Waals surface area contributed by atoms with Crippen molar-refractivity contribution in [1.82, 2.24) is 24.8 Å². The van der Waals surface area contributed by atoms with Gasteiger partial charge in [-0.1, -0.05) is 12.1 Å². The molecule has 0 aliphatic carbocycles. The highest BCUT2D eigenvalue weighted by Gasteiger charge is 2.29. The largest absolute Gasteiger partial charge is 0.395 e. The number of nitrogens with zero attached hydrogens (tertiary/aromatic N) is 6. The Balaban J connectivity index is 1.30. The van der Waals surface area contributed by atoms with E-state index in [0.717, 1.165) is 48.0 Å². The van der Waals surface area contributed by atoms with Crippen LogP contribution < -0.4 is 10.2 Å². The summed E-state index contributed by atoms with van der Waals surface area (Å²) in [6.07, 6.45) is -0.278. The second kappa shape index (κ2) is 11.9. The molecule has 1 atom stereocenters. The Labute approximate surface area is 219 Å². The lowest BCUT2D eigenvalue weighted by Gasteiger charge is -2.35. The van der Waals surface area contributed by atoms with Crippen LogP contribution in [0.3, 0.4) is 0 Å². The van der Waals surface area contributed by atoms with Gasteiger partial charge in [0.1, 0.15) is 5.52 Å². The van der Waals surface area contributed by atoms with Gasteiger partial charge in [0.05, 0.1) is 30.5 Å². The number of hydrogen-bond donors (Lipinski definition) is 2. The van der Waals surface area contributed by atoms with Gasteiger partial charge in [-0.05, 0) is 18.2 Å². The summed E-state index contributed by atoms with van der Waals surface area (Å²) in [4.78, 5) is 31.1. The highest BCUT2D eigenvalue weighted by Crippen LogP contribution is 2.28. The number of aromatic nitrogens is 3. The number of piperazine rings is 1. The van der Waals surface area contributed by atoms with Crippen LogP contribution in [0.25, 0.3) is 22.3 Å². The molecule has 0 bridgehead atoms. The number of carbonyl (C=O) groups excluding carboxylic acids is 1. The van der Waals surface area contributed by atoms with Gasteiger partial charge in [-0.15, -0.1) is 0 Å². The van der Waals surface area contributed by atoms with Crippen molar-refractivity contribution in [3.05, 3.63) is 42.7 Å². The topological polar surface area (TPSA) is 107 Å². The monoisotopic (exact) mass is 527 g/mol. The molecule has 0 radical (unpaired) electrons. The highest BCUT2D eigenvalue weighted by atomic mass is 19.3. The zero-order chi connectivity index (χ0) is 26.5. The summed E-state index contributed by atoms with van der Waals surface area (Å²) in [6.45, 7) is 5.23. The molecule has 202 valence electrons. The Morgan fingerprint density at radius 3 is 2.61 bits per heavy atom. The fraction of sp³-hybridized carbons (Fsp3) is 0.462. The quantitative estimate of drug-likeness (QED) is 0.453. The van der Waals surface area contributed by atoms with Crippen LogP contribution in [0.15, 0.2) is 42.7 Å². The average Bonchev–Trinajstić information content (AvgIpc) is 2.96. The van der Waals surface area contributed by atoms with Gasteiger partial charge in [-0.3, -0.25) is 14.7 Å². The Kier molecular flexibility index (Phi) is 8.20. The molecule has 3 aromatic rings. The minimum Gasteiger partial charge on any atom is -0.395 e. The Hall–Kier alpha value is -3.48. The van der Waals surface area contributed by atoms with E-state index in [1.54, 1.807) is 12.4 Å². The van der Waals surface area contributed by atoms with Gasteiger partial charge >= 0.3 is 6.43 Å². The van der Waals surface area contributed by atoms with Crippen LogP contribution in [-0.4, -0.2) is 114 Å². The first-order valence-electron chi connectivity index (χ1n) is 12.7. The molecule has 2 N–H and O–H groups in total. The normalized spacial score (nSPS) is 18.8. The lowest BCUT2D eigenvalue weighted by atomic mass is 10.1. The van der Waals surface area contributed by atoms with Crippen molar-refractivity contribution in [2.24, 2.45) is 0 Å². The smallest absolute Gasteiger partial charge is 0.315 e. The number of alkyl halides is 2. The van der Waals surface area contributed by atoms with E-state index in [0.29, 0.717) is 23.4 Å². The second-order valence-corrected chi connectivity index (χ2v) is 9.34. The van der Waals surface area contributed by atoms with Crippen molar-refractivity contribution >= 4 is 28.4 Å². The number of morpholine rings is 1. The number of aliphatic hydroxyl groups excluding tert-OH is 1. The van der Waals surface area contributed by atoms with Crippen LogP contribution in [0.4, 0.5) is 20.3 Å². The molecule has 1 amide bonds. The molecule has 5 rings (SSSR count). The maximum Gasteiger partial charge on any atom is 0.315 e. The standard InChI is InChI=1S/C26H31F2N7O3/c27-24(28)26(37)35-12-14-38-20(17-35)16-31-25-23-22(29-5-6-30-23)15-21(32-25)18-1-3-19(4-2-18)34-9-7-33(8-10-34)11-13-36/h1-6,15,20,24,36H,7-14,16-17H2,(H,31,32)/t20-/m1/s1. The first kappa shape index (κ1) is 26.1. The lowest BCUT2D eigenvalue weighted by molar-refractivity contribution is -0.149. The van der Waals surface area contributed by atoms with E-state index >= 15 is 0 Å². The molecule has 1 aromatic carbocycles. The Bertz CT molecular complexity index is 1240. The molecule has 4 heterocycles. The summed E-state index contributed by atoms with van der Waals surface area (Å²) in [5.41, 5.74) is 4.03. The van der Waals surface area contributed by atoms with Crippen molar-refractivity contribution < 1.29 is 23.4 Å². The Morgan fingerprint density at radius 1 is 1.11 bits per heavy atom. The SMILES string of the molecule is O=C(C(F)F)N1CCO[C@H](CNc2nc(-c3ccc(N4CCN(CCO)CC4)cc3)cc3nccnc23)C1. The molecule has 12 heteroatoms. The van der Waals surface area contributed by atoms with Crippen LogP contribution in [-0.2, 0) is 9.53 Å². The van der Waals surface area contributed by atoms with Gasteiger partial charge in [0, 0.05) is 76.0 Å². The van der Waals surface area contributed by atoms with Crippen LogP contribution >= 0.6 is 0 Å². The summed E-state index contributed by atoms with van der Waals surface area (Å²) in [5, 5.41) is 12.4. The molecule has 2 aromatic heterocycles. The van der Waals surface area contributed by atoms with E-state index in [1.807, 2.05) is 18.2 Å². The number of β-amino-alcohol motifs (C(OH)–C–C–N with tert-alkyl or cyclic N) is 1. The van der Waals surface area contributed by atoms with Gasteiger partial charge in [0.25, 0.3) is 5.91 Å². The fourth-order valence-corrected chi connectivity index (χ4v) is 4.85. The third-order valence-corrected chi connectivity index (χ3v) is 6.91. The van der Waals surface area contributed by atoms with Gasteiger partial charge in [0.2, 0.25) is 0 Å².